The number of unbranched alkanes of at least 4 members (excludes halogenated alkanes) is 1. The van der Waals surface area contributed by atoms with Crippen molar-refractivity contribution in [2.24, 2.45) is 4.99 Å². The number of benzene rings is 1. The van der Waals surface area contributed by atoms with E-state index in [1.807, 2.05) is 0 Å². The van der Waals surface area contributed by atoms with E-state index in [1.165, 1.54) is 0 Å². The van der Waals surface area contributed by atoms with Gasteiger partial charge in [-0.2, -0.15) is 39.5 Å². The Labute approximate surface area is 170 Å². The lowest BCUT2D eigenvalue weighted by Gasteiger charge is -2.16. The fourth-order valence-electron chi connectivity index (χ4n) is 2.56. The maximum Gasteiger partial charge on any atom is 0.433 e. The Bertz CT molecular complexity index is 989. The first-order valence-electron chi connectivity index (χ1n) is 8.74. The molecule has 0 fully saturated rings. The zero-order chi connectivity index (χ0) is 23.6. The highest BCUT2D eigenvalue weighted by atomic mass is 19.4. The van der Waals surface area contributed by atoms with Gasteiger partial charge in [-0.25, -0.2) is 9.98 Å². The van der Waals surface area contributed by atoms with Crippen LogP contribution in [0, 0.1) is 0 Å². The number of ether oxygens (including phenoxy) is 1. The van der Waals surface area contributed by atoms with Gasteiger partial charge in [0.15, 0.2) is 11.6 Å². The molecule has 31 heavy (non-hydrogen) atoms. The van der Waals surface area contributed by atoms with Crippen LogP contribution in [0.5, 0.6) is 5.88 Å². The molecule has 0 unspecified atom stereocenters. The first-order valence-corrected chi connectivity index (χ1v) is 8.74. The van der Waals surface area contributed by atoms with E-state index in [0.717, 1.165) is 11.7 Å². The van der Waals surface area contributed by atoms with Crippen molar-refractivity contribution in [2.75, 3.05) is 7.11 Å². The van der Waals surface area contributed by atoms with E-state index >= 15 is 0 Å². The van der Waals surface area contributed by atoms with E-state index in [9.17, 15) is 39.5 Å². The van der Waals surface area contributed by atoms with Crippen LogP contribution < -0.4 is 10.4 Å². The van der Waals surface area contributed by atoms with Gasteiger partial charge in [-0.15, -0.1) is 0 Å². The van der Waals surface area contributed by atoms with E-state index in [2.05, 4.69) is 9.98 Å². The summed E-state index contributed by atoms with van der Waals surface area (Å²) in [4.78, 5) is 6.85. The lowest BCUT2D eigenvalue weighted by Crippen LogP contribution is -2.29. The Morgan fingerprint density at radius 2 is 1.58 bits per heavy atom. The van der Waals surface area contributed by atoms with Gasteiger partial charge in [0, 0.05) is 12.6 Å². The van der Waals surface area contributed by atoms with Gasteiger partial charge in [0.25, 0.3) is 0 Å². The van der Waals surface area contributed by atoms with Gasteiger partial charge >= 0.3 is 18.5 Å². The highest BCUT2D eigenvalue weighted by molar-refractivity contribution is 5.50. The summed E-state index contributed by atoms with van der Waals surface area (Å²) in [7, 11) is 1.06. The summed E-state index contributed by atoms with van der Waals surface area (Å²) in [5.41, 5.74) is -6.61. The fraction of sp³-hybridized carbons (Fsp3) is 0.444. The van der Waals surface area contributed by atoms with E-state index in [0.29, 0.717) is 31.0 Å². The van der Waals surface area contributed by atoms with Crippen molar-refractivity contribution in [3.8, 4) is 5.88 Å². The second-order valence-electron chi connectivity index (χ2n) is 6.33. The minimum Gasteiger partial charge on any atom is -0.482 e. The van der Waals surface area contributed by atoms with Gasteiger partial charge in [0.2, 0.25) is 5.62 Å². The molecule has 13 heteroatoms. The summed E-state index contributed by atoms with van der Waals surface area (Å²) in [6, 6.07) is 1.20. The number of halogens is 9. The molecule has 0 bridgehead atoms. The Kier molecular flexibility index (Phi) is 6.96. The minimum atomic E-state index is -5.25. The Morgan fingerprint density at radius 3 is 2.06 bits per heavy atom. The summed E-state index contributed by atoms with van der Waals surface area (Å²) in [6.45, 7) is 1.77. The quantitative estimate of drug-likeness (QED) is 0.514. The molecule has 0 spiro atoms. The normalized spacial score (nSPS) is 13.6. The third-order valence-corrected chi connectivity index (χ3v) is 4.07. The van der Waals surface area contributed by atoms with Crippen molar-refractivity contribution >= 4 is 5.69 Å². The van der Waals surface area contributed by atoms with Crippen LogP contribution >= 0.6 is 0 Å². The van der Waals surface area contributed by atoms with E-state index in [-0.39, 0.29) is 18.5 Å². The molecule has 0 aliphatic rings. The van der Waals surface area contributed by atoms with Crippen LogP contribution in [0.15, 0.2) is 29.3 Å². The predicted molar refractivity (Wildman–Crippen MR) is 90.4 cm³/mol. The average Bonchev–Trinajstić information content (AvgIpc) is 2.64. The summed E-state index contributed by atoms with van der Waals surface area (Å²) < 4.78 is 124. The van der Waals surface area contributed by atoms with Gasteiger partial charge < -0.3 is 4.74 Å². The number of methoxy groups -OCH3 is 1. The van der Waals surface area contributed by atoms with Crippen LogP contribution in [0.2, 0.25) is 0 Å². The molecule has 2 aromatic rings. The molecule has 0 aliphatic heterocycles. The van der Waals surface area contributed by atoms with Crippen LogP contribution in [0.25, 0.3) is 0 Å². The maximum absolute atomic E-state index is 13.4. The third-order valence-electron chi connectivity index (χ3n) is 4.07. The predicted octanol–water partition coefficient (Wildman–Crippen LogP) is 5.98. The summed E-state index contributed by atoms with van der Waals surface area (Å²) >= 11 is 0. The molecule has 1 heterocycles. The molecule has 172 valence electrons. The van der Waals surface area contributed by atoms with Crippen molar-refractivity contribution in [1.82, 2.24) is 9.55 Å². The van der Waals surface area contributed by atoms with E-state index in [1.54, 1.807) is 6.92 Å². The Morgan fingerprint density at radius 1 is 0.935 bits per heavy atom. The van der Waals surface area contributed by atoms with Crippen molar-refractivity contribution < 1.29 is 44.3 Å². The number of alkyl halides is 9. The first-order chi connectivity index (χ1) is 14.2. The maximum atomic E-state index is 13.4. The summed E-state index contributed by atoms with van der Waals surface area (Å²) in [5.74, 6) is -0.366. The number of nitrogens with zero attached hydrogens (tertiary/aromatic N) is 3. The van der Waals surface area contributed by atoms with Crippen LogP contribution in [0.3, 0.4) is 0 Å². The molecule has 0 saturated carbocycles. The van der Waals surface area contributed by atoms with Crippen molar-refractivity contribution in [1.29, 1.82) is 0 Å². The third kappa shape index (κ3) is 5.91. The SMILES string of the molecule is CCCCn1c(OC)cc(C(F)(F)F)nc1=Nc1ccc(C(F)(F)F)cc1C(F)(F)F. The lowest BCUT2D eigenvalue weighted by molar-refractivity contribution is -0.143. The molecule has 0 N–H and O–H groups in total. The molecule has 2 rings (SSSR count). The topological polar surface area (TPSA) is 39.4 Å². The van der Waals surface area contributed by atoms with Crippen LogP contribution in [0.1, 0.15) is 36.6 Å². The minimum absolute atomic E-state index is 0.00559. The Hall–Kier alpha value is -2.73. The molecular formula is C18H16F9N3O. The first kappa shape index (κ1) is 24.5. The standard InChI is InChI=1S/C18H16F9N3O/c1-3-4-7-30-14(31-2)9-13(18(25,26)27)29-15(30)28-12-6-5-10(16(19,20)21)8-11(12)17(22,23)24/h5-6,8-9H,3-4,7H2,1-2H3. The van der Waals surface area contributed by atoms with Crippen LogP contribution in [-0.2, 0) is 25.1 Å². The number of rotatable bonds is 5. The highest BCUT2D eigenvalue weighted by Gasteiger charge is 2.38. The van der Waals surface area contributed by atoms with E-state index in [4.69, 9.17) is 4.74 Å². The molecule has 0 amide bonds. The molecule has 0 radical (unpaired) electrons. The number of hydrogen-bond acceptors (Lipinski definition) is 3. The molecule has 0 saturated heterocycles. The van der Waals surface area contributed by atoms with Gasteiger partial charge in [-0.3, -0.25) is 4.57 Å². The molecule has 1 aromatic carbocycles. The van der Waals surface area contributed by atoms with Gasteiger partial charge in [0.05, 0.1) is 23.9 Å². The second-order valence-corrected chi connectivity index (χ2v) is 6.33. The lowest BCUT2D eigenvalue weighted by atomic mass is 10.1. The molecule has 0 aliphatic carbocycles. The summed E-state index contributed by atoms with van der Waals surface area (Å²) in [6.07, 6.45) is -14.3. The van der Waals surface area contributed by atoms with Crippen molar-refractivity contribution in [3.63, 3.8) is 0 Å². The molecular weight excluding hydrogens is 445 g/mol. The average molecular weight is 461 g/mol. The summed E-state index contributed by atoms with van der Waals surface area (Å²) in [5, 5.41) is 0. The number of hydrogen-bond donors (Lipinski definition) is 0. The highest BCUT2D eigenvalue weighted by Crippen LogP contribution is 2.40. The van der Waals surface area contributed by atoms with Crippen molar-refractivity contribution in [3.05, 3.63) is 46.7 Å². The van der Waals surface area contributed by atoms with Gasteiger partial charge in [-0.05, 0) is 24.6 Å². The fourth-order valence-corrected chi connectivity index (χ4v) is 2.56. The zero-order valence-corrected chi connectivity index (χ0v) is 16.1. The molecule has 4 nitrogen and oxygen atoms in total. The Balaban J connectivity index is 2.86. The monoisotopic (exact) mass is 461 g/mol. The smallest absolute Gasteiger partial charge is 0.433 e. The van der Waals surface area contributed by atoms with Crippen LogP contribution in [0.4, 0.5) is 45.2 Å². The largest absolute Gasteiger partial charge is 0.482 e. The van der Waals surface area contributed by atoms with Crippen molar-refractivity contribution in [2.45, 2.75) is 44.8 Å². The van der Waals surface area contributed by atoms with Crippen LogP contribution in [-0.4, -0.2) is 16.7 Å². The number of aromatic nitrogens is 2. The second kappa shape index (κ2) is 8.79. The van der Waals surface area contributed by atoms with Gasteiger partial charge in [0.1, 0.15) is 0 Å². The molecule has 0 atom stereocenters. The zero-order valence-electron chi connectivity index (χ0n) is 16.1. The van der Waals surface area contributed by atoms with Gasteiger partial charge in [-0.1, -0.05) is 13.3 Å². The van der Waals surface area contributed by atoms with E-state index < -0.39 is 46.7 Å². The molecule has 1 aromatic heterocycles.